The number of hydrogen-bond donors (Lipinski definition) is 0. The Balaban J connectivity index is 2.98. The molecule has 0 spiro atoms. The molecule has 0 heterocycles. The first-order valence-corrected chi connectivity index (χ1v) is 9.08. The summed E-state index contributed by atoms with van der Waals surface area (Å²) < 4.78 is 2.05. The average Bonchev–Trinajstić information content (AvgIpc) is 2.39. The molecule has 0 fully saturated rings. The van der Waals surface area contributed by atoms with Gasteiger partial charge >= 0.3 is 0 Å². The van der Waals surface area contributed by atoms with Crippen LogP contribution >= 0.6 is 22.6 Å². The number of halogens is 1. The standard InChI is InChI=1S/C17H31I/c1-2-3-4-5-6-7-8-9-10-11-12-13-14-15-16-17-18/h14-17H,2-13H2,1H3. The Bertz CT molecular complexity index is 194. The summed E-state index contributed by atoms with van der Waals surface area (Å²) in [6, 6.07) is 0. The summed E-state index contributed by atoms with van der Waals surface area (Å²) in [6.07, 6.45) is 23.5. The zero-order valence-electron chi connectivity index (χ0n) is 12.2. The molecule has 0 radical (unpaired) electrons. The van der Waals surface area contributed by atoms with E-state index < -0.39 is 0 Å². The normalized spacial score (nSPS) is 11.9. The van der Waals surface area contributed by atoms with Crippen LogP contribution in [0, 0.1) is 0 Å². The van der Waals surface area contributed by atoms with Crippen molar-refractivity contribution in [2.75, 3.05) is 0 Å². The largest absolute Gasteiger partial charge is 0.0845 e. The molecular weight excluding hydrogens is 331 g/mol. The summed E-state index contributed by atoms with van der Waals surface area (Å²) in [5.41, 5.74) is 0. The van der Waals surface area contributed by atoms with Gasteiger partial charge in [0.2, 0.25) is 0 Å². The summed E-state index contributed by atoms with van der Waals surface area (Å²) in [5.74, 6) is 0. The van der Waals surface area contributed by atoms with Crippen LogP contribution in [0.4, 0.5) is 0 Å². The molecule has 0 bridgehead atoms. The van der Waals surface area contributed by atoms with Crippen LogP contribution in [0.25, 0.3) is 0 Å². The first kappa shape index (κ1) is 18.2. The van der Waals surface area contributed by atoms with Gasteiger partial charge in [0, 0.05) is 0 Å². The third-order valence-corrected chi connectivity index (χ3v) is 3.71. The summed E-state index contributed by atoms with van der Waals surface area (Å²) in [6.45, 7) is 2.29. The van der Waals surface area contributed by atoms with Crippen molar-refractivity contribution < 1.29 is 0 Å². The Morgan fingerprint density at radius 3 is 1.67 bits per heavy atom. The van der Waals surface area contributed by atoms with Gasteiger partial charge < -0.3 is 0 Å². The van der Waals surface area contributed by atoms with Crippen LogP contribution < -0.4 is 0 Å². The maximum Gasteiger partial charge on any atom is -0.0234 e. The molecule has 0 aromatic rings. The Hall–Kier alpha value is 0.210. The molecule has 1 heteroatoms. The molecule has 0 unspecified atom stereocenters. The predicted molar refractivity (Wildman–Crippen MR) is 93.4 cm³/mol. The molecule has 0 atom stereocenters. The van der Waals surface area contributed by atoms with Crippen molar-refractivity contribution in [1.29, 1.82) is 0 Å². The molecule has 0 aromatic carbocycles. The highest BCUT2D eigenvalue weighted by Crippen LogP contribution is 2.11. The molecule has 0 saturated carbocycles. The van der Waals surface area contributed by atoms with Crippen molar-refractivity contribution in [2.45, 2.75) is 84.0 Å². The summed E-state index contributed by atoms with van der Waals surface area (Å²) in [4.78, 5) is 0. The summed E-state index contributed by atoms with van der Waals surface area (Å²) in [5, 5.41) is 0. The van der Waals surface area contributed by atoms with Gasteiger partial charge in [-0.3, -0.25) is 0 Å². The van der Waals surface area contributed by atoms with Crippen LogP contribution in [0.5, 0.6) is 0 Å². The maximum atomic E-state index is 2.29. The number of rotatable bonds is 13. The van der Waals surface area contributed by atoms with Gasteiger partial charge in [0.05, 0.1) is 0 Å². The third kappa shape index (κ3) is 16.2. The smallest absolute Gasteiger partial charge is 0.0234 e. The van der Waals surface area contributed by atoms with Crippen LogP contribution in [-0.2, 0) is 0 Å². The zero-order chi connectivity index (χ0) is 13.3. The van der Waals surface area contributed by atoms with E-state index in [0.717, 1.165) is 0 Å². The molecule has 0 amide bonds. The van der Waals surface area contributed by atoms with Crippen molar-refractivity contribution in [2.24, 2.45) is 0 Å². The summed E-state index contributed by atoms with van der Waals surface area (Å²) >= 11 is 2.25. The maximum absolute atomic E-state index is 2.29. The quantitative estimate of drug-likeness (QED) is 0.185. The molecule has 0 aliphatic carbocycles. The van der Waals surface area contributed by atoms with Gasteiger partial charge in [-0.15, -0.1) is 0 Å². The van der Waals surface area contributed by atoms with Gasteiger partial charge in [0.1, 0.15) is 0 Å². The highest BCUT2D eigenvalue weighted by molar-refractivity contribution is 14.1. The van der Waals surface area contributed by atoms with E-state index >= 15 is 0 Å². The van der Waals surface area contributed by atoms with Crippen LogP contribution in [-0.4, -0.2) is 0 Å². The average molecular weight is 362 g/mol. The Morgan fingerprint density at radius 2 is 1.17 bits per heavy atom. The first-order chi connectivity index (χ1) is 8.91. The van der Waals surface area contributed by atoms with E-state index in [-0.39, 0.29) is 0 Å². The highest BCUT2D eigenvalue weighted by atomic mass is 127. The molecule has 0 nitrogen and oxygen atoms in total. The monoisotopic (exact) mass is 362 g/mol. The molecular formula is C17H31I. The predicted octanol–water partition coefficient (Wildman–Crippen LogP) is 7.19. The lowest BCUT2D eigenvalue weighted by atomic mass is 10.1. The highest BCUT2D eigenvalue weighted by Gasteiger charge is 1.92. The zero-order valence-corrected chi connectivity index (χ0v) is 14.3. The molecule has 0 rings (SSSR count). The molecule has 0 aliphatic rings. The number of allylic oxidation sites excluding steroid dienone is 3. The van der Waals surface area contributed by atoms with Crippen LogP contribution in [0.3, 0.4) is 0 Å². The SMILES string of the molecule is CCCCCCCCCCCCCC=CC=CI. The van der Waals surface area contributed by atoms with E-state index in [1.807, 2.05) is 0 Å². The Morgan fingerprint density at radius 1 is 0.667 bits per heavy atom. The van der Waals surface area contributed by atoms with E-state index in [2.05, 4.69) is 51.8 Å². The fourth-order valence-electron chi connectivity index (χ4n) is 2.14. The minimum absolute atomic E-state index is 1.25. The van der Waals surface area contributed by atoms with Gasteiger partial charge in [0.25, 0.3) is 0 Å². The first-order valence-electron chi connectivity index (χ1n) is 7.83. The second-order valence-electron chi connectivity index (χ2n) is 5.07. The van der Waals surface area contributed by atoms with E-state index in [9.17, 15) is 0 Å². The second-order valence-corrected chi connectivity index (χ2v) is 5.79. The Kier molecular flexibility index (Phi) is 17.4. The van der Waals surface area contributed by atoms with Crippen LogP contribution in [0.15, 0.2) is 22.3 Å². The summed E-state index contributed by atoms with van der Waals surface area (Å²) in [7, 11) is 0. The minimum atomic E-state index is 1.25. The Labute approximate surface area is 128 Å². The molecule has 0 aliphatic heterocycles. The van der Waals surface area contributed by atoms with Crippen molar-refractivity contribution in [1.82, 2.24) is 0 Å². The van der Waals surface area contributed by atoms with Gasteiger partial charge in [-0.05, 0) is 16.9 Å². The van der Waals surface area contributed by atoms with E-state index in [4.69, 9.17) is 0 Å². The topological polar surface area (TPSA) is 0 Å². The molecule has 0 saturated heterocycles. The van der Waals surface area contributed by atoms with Gasteiger partial charge in [-0.25, -0.2) is 0 Å². The van der Waals surface area contributed by atoms with E-state index in [1.165, 1.54) is 77.0 Å². The molecule has 0 N–H and O–H groups in total. The van der Waals surface area contributed by atoms with Crippen molar-refractivity contribution in [3.63, 3.8) is 0 Å². The van der Waals surface area contributed by atoms with Crippen molar-refractivity contribution in [3.8, 4) is 0 Å². The number of unbranched alkanes of at least 4 members (excludes halogenated alkanes) is 11. The van der Waals surface area contributed by atoms with Crippen LogP contribution in [0.2, 0.25) is 0 Å². The molecule has 18 heavy (non-hydrogen) atoms. The lowest BCUT2D eigenvalue weighted by molar-refractivity contribution is 0.550. The lowest BCUT2D eigenvalue weighted by Crippen LogP contribution is -1.81. The fourth-order valence-corrected chi connectivity index (χ4v) is 2.38. The van der Waals surface area contributed by atoms with Crippen molar-refractivity contribution >= 4 is 22.6 Å². The second kappa shape index (κ2) is 17.2. The lowest BCUT2D eigenvalue weighted by Gasteiger charge is -2.01. The fraction of sp³-hybridized carbons (Fsp3) is 0.765. The molecule has 106 valence electrons. The van der Waals surface area contributed by atoms with Gasteiger partial charge in [-0.1, -0.05) is 112 Å². The van der Waals surface area contributed by atoms with Gasteiger partial charge in [0.15, 0.2) is 0 Å². The third-order valence-electron chi connectivity index (χ3n) is 3.29. The van der Waals surface area contributed by atoms with E-state index in [1.54, 1.807) is 0 Å². The van der Waals surface area contributed by atoms with Gasteiger partial charge in [-0.2, -0.15) is 0 Å². The number of hydrogen-bond acceptors (Lipinski definition) is 0. The molecule has 0 aromatic heterocycles. The minimum Gasteiger partial charge on any atom is -0.0845 e. The van der Waals surface area contributed by atoms with Crippen molar-refractivity contribution in [3.05, 3.63) is 22.3 Å². The van der Waals surface area contributed by atoms with Crippen LogP contribution in [0.1, 0.15) is 84.0 Å². The van der Waals surface area contributed by atoms with E-state index in [0.29, 0.717) is 0 Å².